The monoisotopic (exact) mass is 491 g/mol. The molecule has 0 heterocycles. The van der Waals surface area contributed by atoms with Gasteiger partial charge in [-0.2, -0.15) is 0 Å². The minimum atomic E-state index is -0.861. The Hall–Kier alpha value is -1.39. The molecule has 204 valence electrons. The van der Waals surface area contributed by atoms with Gasteiger partial charge in [0.1, 0.15) is 0 Å². The van der Waals surface area contributed by atoms with Crippen LogP contribution >= 0.6 is 0 Å². The number of hydrogen-bond acceptors (Lipinski definition) is 3. The molecule has 3 N–H and O–H groups in total. The lowest BCUT2D eigenvalue weighted by Gasteiger charge is -2.19. The highest BCUT2D eigenvalue weighted by Crippen LogP contribution is 2.12. The van der Waals surface area contributed by atoms with E-state index >= 15 is 0 Å². The van der Waals surface area contributed by atoms with E-state index in [1.54, 1.807) is 6.08 Å². The fourth-order valence-corrected chi connectivity index (χ4v) is 4.07. The maximum absolute atomic E-state index is 11.6. The van der Waals surface area contributed by atoms with Gasteiger partial charge in [0.05, 0.1) is 18.8 Å². The summed E-state index contributed by atoms with van der Waals surface area (Å²) in [5.41, 5.74) is 0. The normalized spacial score (nSPS) is 13.8. The third-order valence-electron chi connectivity index (χ3n) is 6.32. The largest absolute Gasteiger partial charge is 0.394 e. The van der Waals surface area contributed by atoms with Gasteiger partial charge in [0, 0.05) is 6.42 Å². The zero-order valence-corrected chi connectivity index (χ0v) is 23.1. The summed E-state index contributed by atoms with van der Waals surface area (Å²) in [5.74, 6) is -0.134. The smallest absolute Gasteiger partial charge is 0.220 e. The first-order chi connectivity index (χ1) is 17.2. The van der Waals surface area contributed by atoms with Crippen LogP contribution in [-0.2, 0) is 4.79 Å². The number of allylic oxidation sites excluding steroid dienone is 5. The van der Waals surface area contributed by atoms with E-state index in [1.807, 2.05) is 13.0 Å². The number of unbranched alkanes of at least 4 members (excludes halogenated alkanes) is 14. The van der Waals surface area contributed by atoms with Gasteiger partial charge in [-0.05, 0) is 44.9 Å². The third kappa shape index (κ3) is 24.1. The summed E-state index contributed by atoms with van der Waals surface area (Å²) in [7, 11) is 0. The standard InChI is InChI=1S/C31H57NO3/c1-3-5-6-7-8-9-10-11-12-13-14-15-16-17-18-19-20-21-22-23-24-25-27-30(34)29(28-33)32-31(35)26-4-2/h17-18,21-22,25,27,29-30,33-34H,3-16,19-20,23-24,26,28H2,1-2H3,(H,32,35)/b18-17+,22-21+,27-25+. The van der Waals surface area contributed by atoms with Crippen LogP contribution in [0.3, 0.4) is 0 Å². The molecule has 0 spiro atoms. The van der Waals surface area contributed by atoms with Gasteiger partial charge in [0.25, 0.3) is 0 Å². The Bertz CT molecular complexity index is 541. The van der Waals surface area contributed by atoms with Gasteiger partial charge in [-0.25, -0.2) is 0 Å². The van der Waals surface area contributed by atoms with E-state index in [4.69, 9.17) is 0 Å². The van der Waals surface area contributed by atoms with Gasteiger partial charge >= 0.3 is 0 Å². The second-order valence-electron chi connectivity index (χ2n) is 9.80. The van der Waals surface area contributed by atoms with Crippen molar-refractivity contribution < 1.29 is 15.0 Å². The molecule has 2 unspecified atom stereocenters. The molecular weight excluding hydrogens is 434 g/mol. The van der Waals surface area contributed by atoms with Crippen molar-refractivity contribution in [1.29, 1.82) is 0 Å². The number of rotatable bonds is 25. The van der Waals surface area contributed by atoms with Crippen molar-refractivity contribution in [3.05, 3.63) is 36.5 Å². The van der Waals surface area contributed by atoms with Gasteiger partial charge in [0.15, 0.2) is 0 Å². The van der Waals surface area contributed by atoms with Crippen molar-refractivity contribution in [3.8, 4) is 0 Å². The van der Waals surface area contributed by atoms with Crippen LogP contribution in [0.25, 0.3) is 0 Å². The number of nitrogens with one attached hydrogen (secondary N) is 1. The highest BCUT2D eigenvalue weighted by Gasteiger charge is 2.17. The summed E-state index contributed by atoms with van der Waals surface area (Å²) in [4.78, 5) is 11.6. The number of carbonyl (C=O) groups excluding carboxylic acids is 1. The van der Waals surface area contributed by atoms with Crippen molar-refractivity contribution in [1.82, 2.24) is 5.32 Å². The molecule has 0 aromatic heterocycles. The van der Waals surface area contributed by atoms with Gasteiger partial charge in [-0.15, -0.1) is 0 Å². The van der Waals surface area contributed by atoms with Crippen LogP contribution < -0.4 is 5.32 Å². The second-order valence-corrected chi connectivity index (χ2v) is 9.80. The quantitative estimate of drug-likeness (QED) is 0.0896. The lowest BCUT2D eigenvalue weighted by Crippen LogP contribution is -2.45. The lowest BCUT2D eigenvalue weighted by atomic mass is 10.0. The van der Waals surface area contributed by atoms with Crippen LogP contribution in [0.15, 0.2) is 36.5 Å². The number of hydrogen-bond donors (Lipinski definition) is 3. The van der Waals surface area contributed by atoms with Crippen molar-refractivity contribution in [2.24, 2.45) is 0 Å². The molecule has 0 bridgehead atoms. The maximum atomic E-state index is 11.6. The molecule has 0 saturated carbocycles. The summed E-state index contributed by atoms with van der Waals surface area (Å²) >= 11 is 0. The average Bonchev–Trinajstić information content (AvgIpc) is 2.85. The average molecular weight is 492 g/mol. The van der Waals surface area contributed by atoms with E-state index in [1.165, 1.54) is 83.5 Å². The Labute approximate surface area is 217 Å². The molecule has 0 aliphatic rings. The predicted molar refractivity (Wildman–Crippen MR) is 152 cm³/mol. The number of carbonyl (C=O) groups is 1. The molecule has 1 amide bonds. The molecule has 35 heavy (non-hydrogen) atoms. The summed E-state index contributed by atoms with van der Waals surface area (Å²) in [6, 6.07) is -0.637. The molecule has 0 saturated heterocycles. The lowest BCUT2D eigenvalue weighted by molar-refractivity contribution is -0.122. The van der Waals surface area contributed by atoms with Gasteiger partial charge in [0.2, 0.25) is 5.91 Å². The predicted octanol–water partition coefficient (Wildman–Crippen LogP) is 7.94. The molecule has 0 aromatic carbocycles. The summed E-state index contributed by atoms with van der Waals surface area (Å²) < 4.78 is 0. The molecule has 0 aliphatic carbocycles. The topological polar surface area (TPSA) is 69.6 Å². The van der Waals surface area contributed by atoms with Gasteiger partial charge in [-0.1, -0.05) is 121 Å². The number of aliphatic hydroxyl groups is 2. The molecule has 2 atom stereocenters. The van der Waals surface area contributed by atoms with Crippen LogP contribution in [0.1, 0.15) is 136 Å². The van der Waals surface area contributed by atoms with Crippen molar-refractivity contribution >= 4 is 5.91 Å². The van der Waals surface area contributed by atoms with Crippen LogP contribution in [0, 0.1) is 0 Å². The van der Waals surface area contributed by atoms with E-state index in [0.29, 0.717) is 6.42 Å². The SMILES string of the molecule is CCCCCCCCCCCCCC/C=C/CC/C=C/CC/C=C/C(O)C(CO)NC(=O)CCC. The van der Waals surface area contributed by atoms with Crippen molar-refractivity contribution in [2.75, 3.05) is 6.61 Å². The minimum absolute atomic E-state index is 0.134. The first-order valence-corrected chi connectivity index (χ1v) is 14.7. The van der Waals surface area contributed by atoms with Crippen molar-refractivity contribution in [3.63, 3.8) is 0 Å². The van der Waals surface area contributed by atoms with E-state index in [9.17, 15) is 15.0 Å². The Kier molecular flexibility index (Phi) is 26.1. The molecular formula is C31H57NO3. The highest BCUT2D eigenvalue weighted by molar-refractivity contribution is 5.76. The van der Waals surface area contributed by atoms with Gasteiger partial charge < -0.3 is 15.5 Å². The first kappa shape index (κ1) is 33.6. The molecule has 0 fully saturated rings. The Morgan fingerprint density at radius 1 is 0.657 bits per heavy atom. The zero-order chi connectivity index (χ0) is 25.8. The third-order valence-corrected chi connectivity index (χ3v) is 6.32. The van der Waals surface area contributed by atoms with E-state index < -0.39 is 12.1 Å². The highest BCUT2D eigenvalue weighted by atomic mass is 16.3. The number of aliphatic hydroxyl groups excluding tert-OH is 2. The molecule has 4 nitrogen and oxygen atoms in total. The molecule has 0 radical (unpaired) electrons. The van der Waals surface area contributed by atoms with Crippen LogP contribution in [0.5, 0.6) is 0 Å². The van der Waals surface area contributed by atoms with E-state index in [-0.39, 0.29) is 12.5 Å². The van der Waals surface area contributed by atoms with Crippen LogP contribution in [0.4, 0.5) is 0 Å². The second kappa shape index (κ2) is 27.2. The summed E-state index contributed by atoms with van der Waals surface area (Å²) in [6.45, 7) is 3.93. The summed E-state index contributed by atoms with van der Waals surface area (Å²) in [5, 5.41) is 22.1. The molecule has 4 heteroatoms. The molecule has 0 aromatic rings. The zero-order valence-electron chi connectivity index (χ0n) is 23.1. The Morgan fingerprint density at radius 2 is 1.11 bits per heavy atom. The van der Waals surface area contributed by atoms with Crippen LogP contribution in [0.2, 0.25) is 0 Å². The molecule has 0 aliphatic heterocycles. The van der Waals surface area contributed by atoms with Crippen molar-refractivity contribution in [2.45, 2.75) is 148 Å². The molecule has 0 rings (SSSR count). The van der Waals surface area contributed by atoms with E-state index in [0.717, 1.165) is 32.1 Å². The first-order valence-electron chi connectivity index (χ1n) is 14.7. The fraction of sp³-hybridized carbons (Fsp3) is 0.774. The maximum Gasteiger partial charge on any atom is 0.220 e. The van der Waals surface area contributed by atoms with Crippen LogP contribution in [-0.4, -0.2) is 34.9 Å². The minimum Gasteiger partial charge on any atom is -0.394 e. The van der Waals surface area contributed by atoms with Gasteiger partial charge in [-0.3, -0.25) is 4.79 Å². The summed E-state index contributed by atoms with van der Waals surface area (Å²) in [6.07, 6.45) is 34.9. The Morgan fingerprint density at radius 3 is 1.60 bits per heavy atom. The fourth-order valence-electron chi connectivity index (χ4n) is 4.07. The van der Waals surface area contributed by atoms with E-state index in [2.05, 4.69) is 36.5 Å². The number of amides is 1. The Balaban J connectivity index is 3.54.